The number of rotatable bonds is 13. The van der Waals surface area contributed by atoms with E-state index in [9.17, 15) is 35.9 Å². The highest BCUT2D eigenvalue weighted by Crippen LogP contribution is 2.34. The molecule has 0 radical (unpaired) electrons. The molecule has 0 fully saturated rings. The van der Waals surface area contributed by atoms with E-state index in [0.717, 1.165) is 43.4 Å². The average Bonchev–Trinajstić information content (AvgIpc) is 3.90. The summed E-state index contributed by atoms with van der Waals surface area (Å²) in [5.41, 5.74) is 4.20. The number of H-pyrrole nitrogens is 1. The second kappa shape index (κ2) is 20.2. The molecule has 0 amide bonds. The molecule has 0 aliphatic carbocycles. The number of aromatic nitrogens is 6. The molecule has 0 bridgehead atoms. The maximum Gasteiger partial charge on any atom is 0.573 e. The molecule has 7 rings (SSSR count). The van der Waals surface area contributed by atoms with Crippen LogP contribution < -0.4 is 14.2 Å². The number of nitrogens with one attached hydrogen (secondary N) is 1. The molecular weight excluding hydrogens is 879 g/mol. The Labute approximate surface area is 362 Å². The molecule has 2 heterocycles. The van der Waals surface area contributed by atoms with Crippen LogP contribution >= 0.6 is 23.5 Å². The zero-order valence-corrected chi connectivity index (χ0v) is 34.6. The van der Waals surface area contributed by atoms with Gasteiger partial charge in [0.15, 0.2) is 5.03 Å². The summed E-state index contributed by atoms with van der Waals surface area (Å²) in [6, 6.07) is 33.2. The van der Waals surface area contributed by atoms with Crippen LogP contribution in [0.5, 0.6) is 17.2 Å². The zero-order chi connectivity index (χ0) is 45.1. The third kappa shape index (κ3) is 12.8. The third-order valence-corrected chi connectivity index (χ3v) is 10.5. The molecule has 0 saturated heterocycles. The number of methoxy groups -OCH3 is 3. The van der Waals surface area contributed by atoms with Gasteiger partial charge < -0.3 is 23.7 Å². The molecule has 13 nitrogen and oxygen atoms in total. The Balaban J connectivity index is 0.000000219. The molecule has 0 aliphatic heterocycles. The minimum Gasteiger partial charge on any atom is -0.497 e. The van der Waals surface area contributed by atoms with Crippen LogP contribution in [0, 0.1) is 0 Å². The minimum atomic E-state index is -4.74. The number of hydrogen-bond donors (Lipinski definition) is 1. The number of carbonyl (C=O) groups is 2. The summed E-state index contributed by atoms with van der Waals surface area (Å²) in [6.07, 6.45) is -9.46. The lowest BCUT2D eigenvalue weighted by Crippen LogP contribution is -2.16. The van der Waals surface area contributed by atoms with Gasteiger partial charge in [0, 0.05) is 9.79 Å². The van der Waals surface area contributed by atoms with Crippen LogP contribution in [0.1, 0.15) is 26.5 Å². The number of benzene rings is 5. The Kier molecular flexibility index (Phi) is 14.6. The summed E-state index contributed by atoms with van der Waals surface area (Å²) in [6.45, 7) is 0.376. The highest BCUT2D eigenvalue weighted by atomic mass is 32.2. The minimum absolute atomic E-state index is 0.0897. The number of nitrogens with zero attached hydrogens (tertiary/aromatic N) is 5. The van der Waals surface area contributed by atoms with Crippen molar-refractivity contribution in [3.63, 3.8) is 0 Å². The summed E-state index contributed by atoms with van der Waals surface area (Å²) in [4.78, 5) is 25.5. The van der Waals surface area contributed by atoms with Gasteiger partial charge in [-0.3, -0.25) is 0 Å². The van der Waals surface area contributed by atoms with Gasteiger partial charge in [0.1, 0.15) is 22.3 Å². The van der Waals surface area contributed by atoms with E-state index in [1.54, 1.807) is 48.2 Å². The third-order valence-electron chi connectivity index (χ3n) is 8.43. The second-order valence-corrected chi connectivity index (χ2v) is 14.7. The SMILES string of the molecule is COC(=O)c1n[nH]nc1Sc1ccc(-c2ccc(OC(F)(F)F)cc2)cc1.COC(=O)c1nnn(Cc2ccc(OC)cc2)c1Sc1ccc(-c2ccc(OC(F)(F)F)cc2)cc1. The van der Waals surface area contributed by atoms with Crippen molar-refractivity contribution in [2.75, 3.05) is 21.3 Å². The number of ether oxygens (including phenoxy) is 5. The zero-order valence-electron chi connectivity index (χ0n) is 32.9. The topological polar surface area (TPSA) is 153 Å². The molecule has 0 spiro atoms. The second-order valence-electron chi connectivity index (χ2n) is 12.6. The van der Waals surface area contributed by atoms with Crippen molar-refractivity contribution in [2.24, 2.45) is 0 Å². The summed E-state index contributed by atoms with van der Waals surface area (Å²) in [7, 11) is 4.12. The maximum atomic E-state index is 12.4. The Bertz CT molecular complexity index is 2610. The maximum absolute atomic E-state index is 12.4. The number of halogens is 6. The molecule has 0 atom stereocenters. The van der Waals surface area contributed by atoms with E-state index in [1.807, 2.05) is 48.5 Å². The van der Waals surface area contributed by atoms with Gasteiger partial charge in [0.2, 0.25) is 11.4 Å². The predicted molar refractivity (Wildman–Crippen MR) is 217 cm³/mol. The average molecular weight is 911 g/mol. The normalized spacial score (nSPS) is 11.3. The molecule has 0 saturated carbocycles. The summed E-state index contributed by atoms with van der Waals surface area (Å²) in [5, 5.41) is 19.1. The highest BCUT2D eigenvalue weighted by Gasteiger charge is 2.32. The first-order valence-electron chi connectivity index (χ1n) is 18.0. The van der Waals surface area contributed by atoms with Gasteiger partial charge >= 0.3 is 24.7 Å². The van der Waals surface area contributed by atoms with Crippen molar-refractivity contribution >= 4 is 35.5 Å². The van der Waals surface area contributed by atoms with Crippen LogP contribution in [0.2, 0.25) is 0 Å². The summed E-state index contributed by atoms with van der Waals surface area (Å²) >= 11 is 2.52. The molecular formula is C42H32F6N6O7S2. The van der Waals surface area contributed by atoms with E-state index < -0.39 is 24.7 Å². The fourth-order valence-electron chi connectivity index (χ4n) is 5.51. The largest absolute Gasteiger partial charge is 0.573 e. The van der Waals surface area contributed by atoms with Crippen LogP contribution in [0.4, 0.5) is 26.3 Å². The fourth-order valence-corrected chi connectivity index (χ4v) is 7.24. The van der Waals surface area contributed by atoms with E-state index in [0.29, 0.717) is 16.6 Å². The molecule has 5 aromatic carbocycles. The number of alkyl halides is 6. The lowest BCUT2D eigenvalue weighted by Gasteiger charge is -2.10. The van der Waals surface area contributed by atoms with Crippen molar-refractivity contribution < 1.29 is 59.6 Å². The van der Waals surface area contributed by atoms with E-state index in [4.69, 9.17) is 9.47 Å². The molecule has 326 valence electrons. The Morgan fingerprint density at radius 2 is 1.00 bits per heavy atom. The monoisotopic (exact) mass is 910 g/mol. The van der Waals surface area contributed by atoms with Crippen molar-refractivity contribution in [3.8, 4) is 39.5 Å². The first-order valence-corrected chi connectivity index (χ1v) is 19.7. The van der Waals surface area contributed by atoms with Crippen molar-refractivity contribution in [1.29, 1.82) is 0 Å². The smallest absolute Gasteiger partial charge is 0.497 e. The standard InChI is InChI=1S/C25H20F3N3O4S.C17H12F3N3O3S/c1-33-19-9-3-16(4-10-19)15-31-23(22(29-30-31)24(32)34-2)36-21-13-7-18(8-14-21)17-5-11-20(12-6-17)35-25(26,27)28;1-25-16(24)14-15(22-23-21-14)27-13-8-4-11(5-9-13)10-2-6-12(7-3-10)26-17(18,19)20/h3-14H,15H2,1-2H3;2-9H,1H3,(H,21,22,23). The Morgan fingerprint density at radius 3 is 1.44 bits per heavy atom. The molecule has 7 aromatic rings. The highest BCUT2D eigenvalue weighted by molar-refractivity contribution is 7.99. The van der Waals surface area contributed by atoms with Gasteiger partial charge in [-0.2, -0.15) is 5.21 Å². The molecule has 0 aliphatic rings. The van der Waals surface area contributed by atoms with E-state index in [1.165, 1.54) is 74.1 Å². The van der Waals surface area contributed by atoms with Crippen LogP contribution in [0.15, 0.2) is 141 Å². The predicted octanol–water partition coefficient (Wildman–Crippen LogP) is 10.1. The van der Waals surface area contributed by atoms with Gasteiger partial charge in [-0.15, -0.1) is 41.6 Å². The Hall–Kier alpha value is -7.00. The number of carbonyl (C=O) groups excluding carboxylic acids is 2. The number of esters is 2. The van der Waals surface area contributed by atoms with Gasteiger partial charge in [0.05, 0.1) is 27.9 Å². The molecule has 1 N–H and O–H groups in total. The van der Waals surface area contributed by atoms with Crippen LogP contribution in [0.25, 0.3) is 22.3 Å². The van der Waals surface area contributed by atoms with Crippen LogP contribution in [-0.2, 0) is 16.0 Å². The first-order chi connectivity index (χ1) is 30.1. The van der Waals surface area contributed by atoms with E-state index in [2.05, 4.69) is 39.9 Å². The summed E-state index contributed by atoms with van der Waals surface area (Å²) < 4.78 is 97.8. The summed E-state index contributed by atoms with van der Waals surface area (Å²) in [5.74, 6) is -1.03. The first kappa shape index (κ1) is 45.5. The van der Waals surface area contributed by atoms with Gasteiger partial charge in [-0.1, -0.05) is 89.4 Å². The van der Waals surface area contributed by atoms with Gasteiger partial charge in [-0.25, -0.2) is 14.3 Å². The van der Waals surface area contributed by atoms with Gasteiger partial charge in [-0.05, 0) is 88.5 Å². The van der Waals surface area contributed by atoms with Crippen LogP contribution in [-0.4, -0.2) is 76.4 Å². The Morgan fingerprint density at radius 1 is 0.571 bits per heavy atom. The number of aromatic amines is 1. The molecule has 63 heavy (non-hydrogen) atoms. The van der Waals surface area contributed by atoms with Crippen molar-refractivity contribution in [3.05, 3.63) is 138 Å². The van der Waals surface area contributed by atoms with E-state index in [-0.39, 0.29) is 22.9 Å². The quantitative estimate of drug-likeness (QED) is 0.0864. The number of hydrogen-bond acceptors (Lipinski definition) is 13. The lowest BCUT2D eigenvalue weighted by atomic mass is 10.1. The molecule has 2 aromatic heterocycles. The lowest BCUT2D eigenvalue weighted by molar-refractivity contribution is -0.275. The fraction of sp³-hybridized carbons (Fsp3) is 0.143. The van der Waals surface area contributed by atoms with Crippen LogP contribution in [0.3, 0.4) is 0 Å². The van der Waals surface area contributed by atoms with E-state index >= 15 is 0 Å². The molecule has 21 heteroatoms. The molecule has 0 unspecified atom stereocenters. The van der Waals surface area contributed by atoms with Crippen molar-refractivity contribution in [1.82, 2.24) is 30.4 Å². The van der Waals surface area contributed by atoms with Gasteiger partial charge in [0.25, 0.3) is 0 Å². The van der Waals surface area contributed by atoms with Crippen molar-refractivity contribution in [2.45, 2.75) is 39.1 Å².